The molecule has 0 aliphatic carbocycles. The molecule has 1 aromatic carbocycles. The minimum atomic E-state index is -0.316. The Morgan fingerprint density at radius 2 is 1.83 bits per heavy atom. The van der Waals surface area contributed by atoms with Crippen LogP contribution in [0.2, 0.25) is 0 Å². The highest BCUT2D eigenvalue weighted by Gasteiger charge is 2.08. The number of thiazole rings is 1. The summed E-state index contributed by atoms with van der Waals surface area (Å²) in [7, 11) is 0. The van der Waals surface area contributed by atoms with Gasteiger partial charge in [-0.1, -0.05) is 23.5 Å². The zero-order valence-corrected chi connectivity index (χ0v) is 14.8. The van der Waals surface area contributed by atoms with Gasteiger partial charge in [0, 0.05) is 30.5 Å². The molecule has 0 fully saturated rings. The second-order valence-corrected chi connectivity index (χ2v) is 6.54. The minimum absolute atomic E-state index is 0.132. The van der Waals surface area contributed by atoms with Gasteiger partial charge in [0.15, 0.2) is 0 Å². The molecule has 0 atom stereocenters. The predicted molar refractivity (Wildman–Crippen MR) is 99.1 cm³/mol. The van der Waals surface area contributed by atoms with E-state index in [9.17, 15) is 9.59 Å². The number of anilines is 1. The second-order valence-electron chi connectivity index (χ2n) is 5.53. The Bertz CT molecular complexity index is 1030. The molecule has 124 valence electrons. The topological polar surface area (TPSA) is 54.7 Å². The maximum Gasteiger partial charge on any atom is 0.274 e. The number of hydrogen-bond acceptors (Lipinski definition) is 5. The van der Waals surface area contributed by atoms with E-state index in [1.54, 1.807) is 6.92 Å². The van der Waals surface area contributed by atoms with Crippen LogP contribution < -0.4 is 20.6 Å². The van der Waals surface area contributed by atoms with Gasteiger partial charge >= 0.3 is 0 Å². The summed E-state index contributed by atoms with van der Waals surface area (Å²) in [6, 6.07) is 9.50. The SMILES string of the molecule is CCN(CC)c1ccc(C=c2sc3nc(=O)cc(C)n3c2=O)cc1. The third kappa shape index (κ3) is 2.97. The van der Waals surface area contributed by atoms with E-state index in [4.69, 9.17) is 0 Å². The average Bonchev–Trinajstić information content (AvgIpc) is 2.86. The van der Waals surface area contributed by atoms with Crippen molar-refractivity contribution < 1.29 is 0 Å². The van der Waals surface area contributed by atoms with Crippen LogP contribution in [-0.2, 0) is 0 Å². The molecule has 6 heteroatoms. The van der Waals surface area contributed by atoms with E-state index in [0.717, 1.165) is 18.7 Å². The standard InChI is InChI=1S/C18H19N3O2S/c1-4-20(5-2)14-8-6-13(7-9-14)11-15-17(23)21-12(3)10-16(22)19-18(21)24-15/h6-11H,4-5H2,1-3H3. The van der Waals surface area contributed by atoms with E-state index < -0.39 is 0 Å². The van der Waals surface area contributed by atoms with Crippen molar-refractivity contribution >= 4 is 28.1 Å². The maximum atomic E-state index is 12.5. The largest absolute Gasteiger partial charge is 0.372 e. The molecular formula is C18H19N3O2S. The molecule has 3 aromatic rings. The lowest BCUT2D eigenvalue weighted by Crippen LogP contribution is -2.25. The molecule has 3 rings (SSSR count). The molecule has 2 aromatic heterocycles. The van der Waals surface area contributed by atoms with Gasteiger partial charge in [0.2, 0.25) is 4.96 Å². The summed E-state index contributed by atoms with van der Waals surface area (Å²) in [6.07, 6.45) is 1.84. The van der Waals surface area contributed by atoms with Gasteiger partial charge in [-0.3, -0.25) is 14.0 Å². The third-order valence-corrected chi connectivity index (χ3v) is 4.99. The summed E-state index contributed by atoms with van der Waals surface area (Å²) >= 11 is 1.24. The van der Waals surface area contributed by atoms with Crippen LogP contribution in [0.4, 0.5) is 5.69 Å². The van der Waals surface area contributed by atoms with Crippen LogP contribution >= 0.6 is 11.3 Å². The van der Waals surface area contributed by atoms with E-state index in [2.05, 4.69) is 35.9 Å². The van der Waals surface area contributed by atoms with E-state index in [0.29, 0.717) is 15.2 Å². The smallest absolute Gasteiger partial charge is 0.274 e. The summed E-state index contributed by atoms with van der Waals surface area (Å²) in [5, 5.41) is 0. The van der Waals surface area contributed by atoms with E-state index in [1.807, 2.05) is 18.2 Å². The first-order chi connectivity index (χ1) is 11.5. The quantitative estimate of drug-likeness (QED) is 0.726. The van der Waals surface area contributed by atoms with Crippen LogP contribution in [-0.4, -0.2) is 22.5 Å². The molecule has 24 heavy (non-hydrogen) atoms. The average molecular weight is 341 g/mol. The zero-order valence-electron chi connectivity index (χ0n) is 13.9. The fourth-order valence-corrected chi connectivity index (χ4v) is 3.78. The number of rotatable bonds is 4. The molecule has 0 aliphatic heterocycles. The van der Waals surface area contributed by atoms with Crippen molar-refractivity contribution in [3.05, 3.63) is 66.8 Å². The third-order valence-electron chi connectivity index (χ3n) is 4.02. The van der Waals surface area contributed by atoms with Crippen molar-refractivity contribution in [2.75, 3.05) is 18.0 Å². The molecule has 5 nitrogen and oxygen atoms in total. The zero-order chi connectivity index (χ0) is 17.3. The van der Waals surface area contributed by atoms with Crippen molar-refractivity contribution in [3.8, 4) is 0 Å². The summed E-state index contributed by atoms with van der Waals surface area (Å²) in [6.45, 7) is 7.91. The van der Waals surface area contributed by atoms with Crippen LogP contribution in [0.3, 0.4) is 0 Å². The molecule has 0 amide bonds. The number of aromatic nitrogens is 2. The highest BCUT2D eigenvalue weighted by molar-refractivity contribution is 7.15. The molecule has 0 spiro atoms. The van der Waals surface area contributed by atoms with Gasteiger partial charge in [0.1, 0.15) is 0 Å². The molecule has 0 unspecified atom stereocenters. The van der Waals surface area contributed by atoms with E-state index in [-0.39, 0.29) is 11.1 Å². The highest BCUT2D eigenvalue weighted by atomic mass is 32.1. The van der Waals surface area contributed by atoms with Crippen LogP contribution in [0.15, 0.2) is 39.9 Å². The Kier molecular flexibility index (Phi) is 4.49. The molecule has 0 bridgehead atoms. The predicted octanol–water partition coefficient (Wildman–Crippen LogP) is 1.82. The normalized spacial score (nSPS) is 12.0. The van der Waals surface area contributed by atoms with Gasteiger partial charge in [-0.2, -0.15) is 4.98 Å². The second kappa shape index (κ2) is 6.57. The van der Waals surface area contributed by atoms with Crippen LogP contribution in [0.25, 0.3) is 11.0 Å². The Labute approximate surface area is 143 Å². The Balaban J connectivity index is 2.07. The number of fused-ring (bicyclic) bond motifs is 1. The summed E-state index contributed by atoms with van der Waals surface area (Å²) < 4.78 is 2.06. The Morgan fingerprint density at radius 3 is 2.46 bits per heavy atom. The Hall–Kier alpha value is -2.47. The first-order valence-electron chi connectivity index (χ1n) is 7.93. The first kappa shape index (κ1) is 16.4. The molecule has 0 saturated heterocycles. The van der Waals surface area contributed by atoms with Crippen molar-refractivity contribution in [2.45, 2.75) is 20.8 Å². The van der Waals surface area contributed by atoms with Gasteiger partial charge in [0.05, 0.1) is 4.53 Å². The fraction of sp³-hybridized carbons (Fsp3) is 0.278. The molecular weight excluding hydrogens is 322 g/mol. The van der Waals surface area contributed by atoms with Crippen molar-refractivity contribution in [3.63, 3.8) is 0 Å². The minimum Gasteiger partial charge on any atom is -0.372 e. The van der Waals surface area contributed by atoms with E-state index >= 15 is 0 Å². The summed E-state index contributed by atoms with van der Waals surface area (Å²) in [5.41, 5.74) is 2.29. The lowest BCUT2D eigenvalue weighted by molar-refractivity contribution is 0.866. The number of benzene rings is 1. The number of nitrogens with zero attached hydrogens (tertiary/aromatic N) is 3. The van der Waals surface area contributed by atoms with Crippen LogP contribution in [0, 0.1) is 6.92 Å². The Morgan fingerprint density at radius 1 is 1.17 bits per heavy atom. The van der Waals surface area contributed by atoms with Crippen molar-refractivity contribution in [2.24, 2.45) is 0 Å². The highest BCUT2D eigenvalue weighted by Crippen LogP contribution is 2.15. The van der Waals surface area contributed by atoms with Crippen LogP contribution in [0.1, 0.15) is 25.1 Å². The maximum absolute atomic E-state index is 12.5. The lowest BCUT2D eigenvalue weighted by atomic mass is 10.2. The van der Waals surface area contributed by atoms with E-state index in [1.165, 1.54) is 27.5 Å². The molecule has 0 saturated carbocycles. The van der Waals surface area contributed by atoms with Crippen LogP contribution in [0.5, 0.6) is 0 Å². The lowest BCUT2D eigenvalue weighted by Gasteiger charge is -2.20. The summed E-state index contributed by atoms with van der Waals surface area (Å²) in [5.74, 6) is 0. The molecule has 0 aliphatic rings. The van der Waals surface area contributed by atoms with Gasteiger partial charge < -0.3 is 4.90 Å². The molecule has 2 heterocycles. The van der Waals surface area contributed by atoms with Gasteiger partial charge in [0.25, 0.3) is 11.1 Å². The summed E-state index contributed by atoms with van der Waals surface area (Å²) in [4.78, 5) is 30.7. The fourth-order valence-electron chi connectivity index (χ4n) is 2.75. The molecule has 0 radical (unpaired) electrons. The van der Waals surface area contributed by atoms with Gasteiger partial charge in [-0.05, 0) is 44.5 Å². The van der Waals surface area contributed by atoms with Crippen molar-refractivity contribution in [1.29, 1.82) is 0 Å². The number of hydrogen-bond donors (Lipinski definition) is 0. The molecule has 0 N–H and O–H groups in total. The van der Waals surface area contributed by atoms with Gasteiger partial charge in [-0.25, -0.2) is 0 Å². The van der Waals surface area contributed by atoms with Gasteiger partial charge in [-0.15, -0.1) is 0 Å². The monoisotopic (exact) mass is 341 g/mol. The first-order valence-corrected chi connectivity index (χ1v) is 8.75. The van der Waals surface area contributed by atoms with Crippen molar-refractivity contribution in [1.82, 2.24) is 9.38 Å². The number of aryl methyl sites for hydroxylation is 1.